The van der Waals surface area contributed by atoms with Crippen molar-refractivity contribution < 1.29 is 0 Å². The van der Waals surface area contributed by atoms with Crippen LogP contribution in [0.2, 0.25) is 0 Å². The molecule has 0 N–H and O–H groups in total. The van der Waals surface area contributed by atoms with Gasteiger partial charge in [-0.15, -0.1) is 0 Å². The molecular formula is C14H13BrS. The Hall–Kier alpha value is -0.730. The molecule has 0 aromatic heterocycles. The number of benzene rings is 2. The lowest BCUT2D eigenvalue weighted by atomic mass is 10.0. The normalized spacial score (nSPS) is 10.4. The van der Waals surface area contributed by atoms with E-state index in [0.717, 1.165) is 10.2 Å². The van der Waals surface area contributed by atoms with Crippen molar-refractivity contribution >= 4 is 28.6 Å². The van der Waals surface area contributed by atoms with Crippen LogP contribution in [-0.4, -0.2) is 0 Å². The highest BCUT2D eigenvalue weighted by Gasteiger charge is 2.00. The molecule has 0 radical (unpaired) electrons. The van der Waals surface area contributed by atoms with Gasteiger partial charge in [-0.1, -0.05) is 52.3 Å². The first-order valence-corrected chi connectivity index (χ1v) is 6.59. The summed E-state index contributed by atoms with van der Waals surface area (Å²) < 4.78 is 1.16. The van der Waals surface area contributed by atoms with E-state index in [-0.39, 0.29) is 0 Å². The Bertz CT molecular complexity index is 489. The highest BCUT2D eigenvalue weighted by molar-refractivity contribution is 9.10. The zero-order valence-corrected chi connectivity index (χ0v) is 11.6. The molecular weight excluding hydrogens is 280 g/mol. The van der Waals surface area contributed by atoms with Crippen molar-refractivity contribution in [2.24, 2.45) is 0 Å². The van der Waals surface area contributed by atoms with E-state index in [2.05, 4.69) is 77.9 Å². The molecule has 0 heterocycles. The smallest absolute Gasteiger partial charge is 0.0204 e. The van der Waals surface area contributed by atoms with Gasteiger partial charge in [-0.3, -0.25) is 0 Å². The van der Waals surface area contributed by atoms with Gasteiger partial charge in [0.1, 0.15) is 0 Å². The highest BCUT2D eigenvalue weighted by Crippen LogP contribution is 2.25. The van der Waals surface area contributed by atoms with Crippen molar-refractivity contribution in [1.29, 1.82) is 0 Å². The Morgan fingerprint density at radius 3 is 2.19 bits per heavy atom. The Morgan fingerprint density at radius 1 is 1.00 bits per heavy atom. The molecule has 16 heavy (non-hydrogen) atoms. The Balaban J connectivity index is 2.38. The summed E-state index contributed by atoms with van der Waals surface area (Å²) in [5.41, 5.74) is 5.02. The first-order chi connectivity index (χ1) is 7.70. The van der Waals surface area contributed by atoms with Crippen LogP contribution >= 0.6 is 28.6 Å². The van der Waals surface area contributed by atoms with Crippen molar-refractivity contribution in [3.8, 4) is 11.1 Å². The van der Waals surface area contributed by atoms with E-state index in [4.69, 9.17) is 0 Å². The molecule has 2 rings (SSSR count). The van der Waals surface area contributed by atoms with Gasteiger partial charge in [-0.05, 0) is 35.2 Å². The lowest BCUT2D eigenvalue weighted by molar-refractivity contribution is 1.40. The predicted octanol–water partition coefficient (Wildman–Crippen LogP) is 4.85. The molecule has 0 saturated heterocycles. The van der Waals surface area contributed by atoms with E-state index in [1.807, 2.05) is 0 Å². The Labute approximate surface area is 110 Å². The maximum atomic E-state index is 4.26. The number of rotatable bonds is 2. The average molecular weight is 293 g/mol. The highest BCUT2D eigenvalue weighted by atomic mass is 79.9. The summed E-state index contributed by atoms with van der Waals surface area (Å²) in [7, 11) is 0. The van der Waals surface area contributed by atoms with Gasteiger partial charge < -0.3 is 0 Å². The molecule has 82 valence electrons. The number of halogens is 1. The van der Waals surface area contributed by atoms with Crippen LogP contribution in [0.15, 0.2) is 46.9 Å². The van der Waals surface area contributed by atoms with Crippen LogP contribution in [0.5, 0.6) is 0 Å². The van der Waals surface area contributed by atoms with E-state index < -0.39 is 0 Å². The lowest BCUT2D eigenvalue weighted by Gasteiger charge is -2.05. The molecule has 0 aliphatic carbocycles. The third kappa shape index (κ3) is 2.50. The Kier molecular flexibility index (Phi) is 3.72. The SMILES string of the molecule is Cc1cc(-c2ccc(CS)cc2)ccc1Br. The minimum Gasteiger partial charge on any atom is -0.175 e. The van der Waals surface area contributed by atoms with Crippen LogP contribution in [0.4, 0.5) is 0 Å². The molecule has 2 aromatic rings. The van der Waals surface area contributed by atoms with Crippen molar-refractivity contribution in [2.75, 3.05) is 0 Å². The van der Waals surface area contributed by atoms with Crippen LogP contribution < -0.4 is 0 Å². The van der Waals surface area contributed by atoms with Gasteiger partial charge >= 0.3 is 0 Å². The zero-order valence-electron chi connectivity index (χ0n) is 9.07. The second kappa shape index (κ2) is 5.07. The molecule has 0 unspecified atom stereocenters. The Morgan fingerprint density at radius 2 is 1.62 bits per heavy atom. The molecule has 0 aliphatic rings. The fourth-order valence-electron chi connectivity index (χ4n) is 1.63. The quantitative estimate of drug-likeness (QED) is 0.751. The second-order valence-corrected chi connectivity index (χ2v) is 4.99. The number of hydrogen-bond donors (Lipinski definition) is 1. The van der Waals surface area contributed by atoms with Crippen LogP contribution in [0, 0.1) is 6.92 Å². The third-order valence-electron chi connectivity index (χ3n) is 2.63. The summed E-state index contributed by atoms with van der Waals surface area (Å²) in [6.07, 6.45) is 0. The van der Waals surface area contributed by atoms with Crippen molar-refractivity contribution in [3.05, 3.63) is 58.1 Å². The standard InChI is InChI=1S/C14H13BrS/c1-10-8-13(6-7-14(10)15)12-4-2-11(9-16)3-5-12/h2-8,16H,9H2,1H3. The summed E-state index contributed by atoms with van der Waals surface area (Å²) >= 11 is 7.77. The van der Waals surface area contributed by atoms with Gasteiger partial charge in [0.05, 0.1) is 0 Å². The molecule has 2 heteroatoms. The second-order valence-electron chi connectivity index (χ2n) is 3.82. The minimum absolute atomic E-state index is 0.791. The summed E-state index contributed by atoms with van der Waals surface area (Å²) in [6, 6.07) is 15.0. The average Bonchev–Trinajstić information content (AvgIpc) is 2.33. The van der Waals surface area contributed by atoms with Gasteiger partial charge in [-0.2, -0.15) is 12.6 Å². The lowest BCUT2D eigenvalue weighted by Crippen LogP contribution is -1.82. The van der Waals surface area contributed by atoms with Crippen LogP contribution in [-0.2, 0) is 5.75 Å². The van der Waals surface area contributed by atoms with Gasteiger partial charge in [-0.25, -0.2) is 0 Å². The third-order valence-corrected chi connectivity index (χ3v) is 3.88. The first kappa shape index (κ1) is 11.7. The largest absolute Gasteiger partial charge is 0.175 e. The van der Waals surface area contributed by atoms with E-state index in [0.29, 0.717) is 0 Å². The molecule has 2 aromatic carbocycles. The van der Waals surface area contributed by atoms with Crippen LogP contribution in [0.25, 0.3) is 11.1 Å². The fraction of sp³-hybridized carbons (Fsp3) is 0.143. The summed E-state index contributed by atoms with van der Waals surface area (Å²) in [5.74, 6) is 0.791. The fourth-order valence-corrected chi connectivity index (χ4v) is 2.08. The molecule has 0 amide bonds. The van der Waals surface area contributed by atoms with Crippen molar-refractivity contribution in [2.45, 2.75) is 12.7 Å². The van der Waals surface area contributed by atoms with E-state index in [1.165, 1.54) is 22.3 Å². The molecule has 0 atom stereocenters. The molecule has 0 spiro atoms. The molecule has 0 bridgehead atoms. The van der Waals surface area contributed by atoms with Gasteiger partial charge in [0.25, 0.3) is 0 Å². The molecule has 0 aliphatic heterocycles. The zero-order chi connectivity index (χ0) is 11.5. The maximum absolute atomic E-state index is 4.26. The number of aryl methyl sites for hydroxylation is 1. The van der Waals surface area contributed by atoms with E-state index >= 15 is 0 Å². The van der Waals surface area contributed by atoms with Crippen LogP contribution in [0.3, 0.4) is 0 Å². The molecule has 0 fully saturated rings. The molecule has 0 nitrogen and oxygen atoms in total. The first-order valence-electron chi connectivity index (χ1n) is 5.17. The van der Waals surface area contributed by atoms with Crippen molar-refractivity contribution in [3.63, 3.8) is 0 Å². The maximum Gasteiger partial charge on any atom is 0.0204 e. The predicted molar refractivity (Wildman–Crippen MR) is 77.0 cm³/mol. The minimum atomic E-state index is 0.791. The van der Waals surface area contributed by atoms with E-state index in [9.17, 15) is 0 Å². The monoisotopic (exact) mass is 292 g/mol. The van der Waals surface area contributed by atoms with Crippen molar-refractivity contribution in [1.82, 2.24) is 0 Å². The topological polar surface area (TPSA) is 0 Å². The van der Waals surface area contributed by atoms with Crippen LogP contribution in [0.1, 0.15) is 11.1 Å². The van der Waals surface area contributed by atoms with E-state index in [1.54, 1.807) is 0 Å². The van der Waals surface area contributed by atoms with Gasteiger partial charge in [0.2, 0.25) is 0 Å². The van der Waals surface area contributed by atoms with Gasteiger partial charge in [0.15, 0.2) is 0 Å². The number of hydrogen-bond acceptors (Lipinski definition) is 1. The summed E-state index contributed by atoms with van der Waals surface area (Å²) in [5, 5.41) is 0. The summed E-state index contributed by atoms with van der Waals surface area (Å²) in [4.78, 5) is 0. The van der Waals surface area contributed by atoms with Gasteiger partial charge in [0, 0.05) is 10.2 Å². The molecule has 0 saturated carbocycles. The number of thiol groups is 1. The summed E-state index contributed by atoms with van der Waals surface area (Å²) in [6.45, 7) is 2.11.